The van der Waals surface area contributed by atoms with E-state index in [0.717, 1.165) is 17.2 Å². The van der Waals surface area contributed by atoms with Crippen molar-refractivity contribution in [2.75, 3.05) is 29.6 Å². The molecule has 222 valence electrons. The van der Waals surface area contributed by atoms with Gasteiger partial charge in [-0.15, -0.1) is 5.06 Å². The second-order valence-electron chi connectivity index (χ2n) is 9.71. The van der Waals surface area contributed by atoms with Crippen LogP contribution in [0.15, 0.2) is 83.5 Å². The first-order chi connectivity index (χ1) is 20.7. The molecule has 43 heavy (non-hydrogen) atoms. The molecule has 2 aromatic heterocycles. The van der Waals surface area contributed by atoms with E-state index in [1.54, 1.807) is 42.5 Å². The number of rotatable bonds is 13. The van der Waals surface area contributed by atoms with Crippen molar-refractivity contribution in [1.82, 2.24) is 15.0 Å². The molecule has 0 atom stereocenters. The summed E-state index contributed by atoms with van der Waals surface area (Å²) in [6.45, 7) is 0.484. The van der Waals surface area contributed by atoms with Crippen molar-refractivity contribution in [3.05, 3.63) is 96.3 Å². The molecule has 0 bridgehead atoms. The number of carbonyl (C=O) groups excluding carboxylic acids is 1. The SMILES string of the molecule is CS(=O)(=O)CCN(Cc1ccc(-c2ccc3ncnc(Nc4ccc(OCc5cccc(F)c5)c(N)c4)c3c2)o1)OC=O. The van der Waals surface area contributed by atoms with E-state index in [-0.39, 0.29) is 37.7 Å². The van der Waals surface area contributed by atoms with Crippen molar-refractivity contribution in [1.29, 1.82) is 0 Å². The molecule has 2 heterocycles. The van der Waals surface area contributed by atoms with Crippen molar-refractivity contribution < 1.29 is 31.6 Å². The summed E-state index contributed by atoms with van der Waals surface area (Å²) in [6.07, 6.45) is 2.56. The Hall–Kier alpha value is -5.01. The van der Waals surface area contributed by atoms with E-state index in [9.17, 15) is 17.6 Å². The quantitative estimate of drug-likeness (QED) is 0.108. The summed E-state index contributed by atoms with van der Waals surface area (Å²) in [7, 11) is -3.24. The summed E-state index contributed by atoms with van der Waals surface area (Å²) >= 11 is 0. The number of ether oxygens (including phenoxy) is 1. The normalized spacial score (nSPS) is 11.5. The maximum absolute atomic E-state index is 13.5. The van der Waals surface area contributed by atoms with Crippen LogP contribution in [0.1, 0.15) is 11.3 Å². The Morgan fingerprint density at radius 2 is 1.93 bits per heavy atom. The van der Waals surface area contributed by atoms with Crippen LogP contribution in [-0.2, 0) is 32.6 Å². The van der Waals surface area contributed by atoms with E-state index in [4.69, 9.17) is 19.7 Å². The van der Waals surface area contributed by atoms with Crippen molar-refractivity contribution >= 4 is 44.4 Å². The highest BCUT2D eigenvalue weighted by Gasteiger charge is 2.15. The lowest BCUT2D eigenvalue weighted by atomic mass is 10.1. The van der Waals surface area contributed by atoms with E-state index in [1.807, 2.05) is 18.2 Å². The van der Waals surface area contributed by atoms with Gasteiger partial charge >= 0.3 is 6.47 Å². The molecule has 5 rings (SSSR count). The number of furan rings is 1. The van der Waals surface area contributed by atoms with Crippen molar-refractivity contribution in [2.24, 2.45) is 0 Å². The van der Waals surface area contributed by atoms with Gasteiger partial charge in [-0.05, 0) is 66.2 Å². The summed E-state index contributed by atoms with van der Waals surface area (Å²) < 4.78 is 48.2. The first kappa shape index (κ1) is 29.5. The van der Waals surface area contributed by atoms with Gasteiger partial charge in [-0.2, -0.15) is 0 Å². The fourth-order valence-corrected chi connectivity index (χ4v) is 4.82. The zero-order valence-electron chi connectivity index (χ0n) is 23.1. The Morgan fingerprint density at radius 1 is 1.07 bits per heavy atom. The van der Waals surface area contributed by atoms with E-state index in [2.05, 4.69) is 15.3 Å². The average molecular weight is 606 g/mol. The Labute approximate surface area is 246 Å². The topological polar surface area (TPSA) is 150 Å². The molecule has 0 radical (unpaired) electrons. The van der Waals surface area contributed by atoms with E-state index < -0.39 is 9.84 Å². The Bertz CT molecular complexity index is 1860. The number of hydrogen-bond donors (Lipinski definition) is 2. The number of sulfone groups is 1. The molecule has 0 saturated carbocycles. The lowest BCUT2D eigenvalue weighted by Gasteiger charge is -2.16. The van der Waals surface area contributed by atoms with Crippen LogP contribution < -0.4 is 15.8 Å². The largest absolute Gasteiger partial charge is 0.487 e. The summed E-state index contributed by atoms with van der Waals surface area (Å²) in [6, 6.07) is 20.5. The van der Waals surface area contributed by atoms with Crippen LogP contribution in [0.5, 0.6) is 5.75 Å². The lowest BCUT2D eigenvalue weighted by Crippen LogP contribution is -2.28. The molecule has 0 unspecified atom stereocenters. The van der Waals surface area contributed by atoms with Crippen LogP contribution in [-0.4, -0.2) is 48.5 Å². The molecule has 0 aliphatic carbocycles. The Kier molecular flexibility index (Phi) is 8.83. The Morgan fingerprint density at radius 3 is 2.70 bits per heavy atom. The molecular formula is C30H28FN5O6S. The minimum Gasteiger partial charge on any atom is -0.487 e. The molecule has 11 nitrogen and oxygen atoms in total. The average Bonchev–Trinajstić information content (AvgIpc) is 3.44. The smallest absolute Gasteiger partial charge is 0.313 e. The van der Waals surface area contributed by atoms with E-state index in [0.29, 0.717) is 45.5 Å². The zero-order chi connectivity index (χ0) is 30.4. The molecule has 0 aliphatic rings. The predicted octanol–water partition coefficient (Wildman–Crippen LogP) is 4.87. The van der Waals surface area contributed by atoms with Gasteiger partial charge in [-0.25, -0.2) is 22.8 Å². The summed E-state index contributed by atoms with van der Waals surface area (Å²) in [4.78, 5) is 24.6. The van der Waals surface area contributed by atoms with Gasteiger partial charge < -0.3 is 25.0 Å². The third kappa shape index (κ3) is 7.84. The monoisotopic (exact) mass is 605 g/mol. The molecule has 0 fully saturated rings. The number of nitrogens with one attached hydrogen (secondary N) is 1. The van der Waals surface area contributed by atoms with Gasteiger partial charge in [0.2, 0.25) is 0 Å². The second-order valence-corrected chi connectivity index (χ2v) is 12.0. The number of nitrogens with zero attached hydrogens (tertiary/aromatic N) is 3. The van der Waals surface area contributed by atoms with E-state index >= 15 is 0 Å². The first-order valence-electron chi connectivity index (χ1n) is 13.1. The van der Waals surface area contributed by atoms with Crippen LogP contribution in [0.25, 0.3) is 22.2 Å². The van der Waals surface area contributed by atoms with Gasteiger partial charge in [0.25, 0.3) is 0 Å². The van der Waals surface area contributed by atoms with Crippen molar-refractivity contribution in [3.63, 3.8) is 0 Å². The fraction of sp³-hybridized carbons (Fsp3) is 0.167. The maximum atomic E-state index is 13.5. The van der Waals surface area contributed by atoms with Gasteiger partial charge in [0.15, 0.2) is 0 Å². The Balaban J connectivity index is 1.31. The number of aromatic nitrogens is 2. The molecule has 3 aromatic carbocycles. The van der Waals surface area contributed by atoms with Crippen molar-refractivity contribution in [2.45, 2.75) is 13.2 Å². The number of nitrogen functional groups attached to an aromatic ring is 1. The minimum absolute atomic E-state index is 0.000573. The molecule has 13 heteroatoms. The predicted molar refractivity (Wildman–Crippen MR) is 159 cm³/mol. The molecule has 0 aliphatic heterocycles. The second kappa shape index (κ2) is 12.9. The number of anilines is 3. The summed E-state index contributed by atoms with van der Waals surface area (Å²) in [5, 5.41) is 5.22. The molecule has 0 amide bonds. The molecule has 0 spiro atoms. The third-order valence-corrected chi connectivity index (χ3v) is 7.30. The van der Waals surface area contributed by atoms with Gasteiger partial charge in [0.1, 0.15) is 51.7 Å². The first-order valence-corrected chi connectivity index (χ1v) is 15.1. The van der Waals surface area contributed by atoms with Crippen LogP contribution >= 0.6 is 0 Å². The zero-order valence-corrected chi connectivity index (χ0v) is 23.9. The number of nitrogens with two attached hydrogens (primary N) is 1. The number of halogens is 1. The van der Waals surface area contributed by atoms with Crippen LogP contribution in [0, 0.1) is 5.82 Å². The number of hydrogen-bond acceptors (Lipinski definition) is 11. The highest BCUT2D eigenvalue weighted by atomic mass is 32.2. The van der Waals surface area contributed by atoms with E-state index in [1.165, 1.54) is 23.5 Å². The van der Waals surface area contributed by atoms with Crippen LogP contribution in [0.2, 0.25) is 0 Å². The standard InChI is InChI=1S/C30H28FN5O6S/c1-43(38,39)12-11-36(41-19-37)16-24-7-10-28(42-24)21-5-8-27-25(14-21)30(34-18-33-27)35-23-6-9-29(26(32)15-23)40-17-20-3-2-4-22(31)13-20/h2-10,13-15,18-19H,11-12,16-17,32H2,1H3,(H,33,34,35). The molecule has 3 N–H and O–H groups in total. The van der Waals surface area contributed by atoms with Gasteiger partial charge in [0.05, 0.1) is 23.5 Å². The number of fused-ring (bicyclic) bond motifs is 1. The maximum Gasteiger partial charge on any atom is 0.313 e. The lowest BCUT2D eigenvalue weighted by molar-refractivity contribution is -0.176. The van der Waals surface area contributed by atoms with Gasteiger partial charge in [-0.1, -0.05) is 12.1 Å². The fourth-order valence-electron chi connectivity index (χ4n) is 4.28. The summed E-state index contributed by atoms with van der Waals surface area (Å²) in [5.74, 6) is 1.52. The highest BCUT2D eigenvalue weighted by Crippen LogP contribution is 2.32. The highest BCUT2D eigenvalue weighted by molar-refractivity contribution is 7.90. The van der Waals surface area contributed by atoms with Gasteiger partial charge in [-0.3, -0.25) is 4.79 Å². The molecular weight excluding hydrogens is 577 g/mol. The number of hydroxylamine groups is 2. The van der Waals surface area contributed by atoms with Crippen molar-refractivity contribution in [3.8, 4) is 17.1 Å². The minimum atomic E-state index is -3.24. The van der Waals surface area contributed by atoms with Gasteiger partial charge in [0, 0.05) is 29.4 Å². The van der Waals surface area contributed by atoms with Crippen LogP contribution in [0.4, 0.5) is 21.6 Å². The molecule has 5 aromatic rings. The van der Waals surface area contributed by atoms with Crippen LogP contribution in [0.3, 0.4) is 0 Å². The molecule has 0 saturated heterocycles. The summed E-state index contributed by atoms with van der Waals surface area (Å²) in [5.41, 5.74) is 9.43. The number of benzene rings is 3. The third-order valence-electron chi connectivity index (χ3n) is 6.37. The number of carbonyl (C=O) groups is 1.